The van der Waals surface area contributed by atoms with Crippen molar-refractivity contribution >= 4 is 15.7 Å². The van der Waals surface area contributed by atoms with Crippen LogP contribution in [0.1, 0.15) is 24.5 Å². The average Bonchev–Trinajstić information content (AvgIpc) is 2.59. The van der Waals surface area contributed by atoms with Gasteiger partial charge in [-0.3, -0.25) is 4.79 Å². The quantitative estimate of drug-likeness (QED) is 0.773. The maximum Gasteiger partial charge on any atom is 0.221 e. The normalized spacial score (nSPS) is 13.8. The second kappa shape index (κ2) is 7.97. The summed E-state index contributed by atoms with van der Waals surface area (Å²) in [6.45, 7) is 3.24. The Bertz CT molecular complexity index is 859. The summed E-state index contributed by atoms with van der Waals surface area (Å²) in [5.74, 6) is -1.22. The Morgan fingerprint density at radius 3 is 2.27 bits per heavy atom. The van der Waals surface area contributed by atoms with Gasteiger partial charge in [0.15, 0.2) is 9.84 Å². The molecule has 0 aliphatic rings. The summed E-state index contributed by atoms with van der Waals surface area (Å²) in [4.78, 5) is 12.1. The van der Waals surface area contributed by atoms with Gasteiger partial charge in [-0.2, -0.15) is 0 Å². The van der Waals surface area contributed by atoms with E-state index in [4.69, 9.17) is 0 Å². The molecule has 1 unspecified atom stereocenters. The molecule has 0 spiro atoms. The molecular weight excluding hydrogens is 357 g/mol. The molecule has 0 saturated carbocycles. The first-order valence-corrected chi connectivity index (χ1v) is 9.80. The summed E-state index contributed by atoms with van der Waals surface area (Å²) in [6.07, 6.45) is -0.213. The van der Waals surface area contributed by atoms with Gasteiger partial charge in [0.25, 0.3) is 0 Å². The highest BCUT2D eigenvalue weighted by Gasteiger charge is 2.24. The second-order valence-electron chi connectivity index (χ2n) is 6.44. The number of carbonyl (C=O) groups excluding carboxylic acids is 1. The topological polar surface area (TPSA) is 83.5 Å². The van der Waals surface area contributed by atoms with E-state index >= 15 is 0 Å². The van der Waals surface area contributed by atoms with Crippen molar-refractivity contribution in [3.63, 3.8) is 0 Å². The van der Waals surface area contributed by atoms with E-state index in [9.17, 15) is 22.7 Å². The Labute approximate surface area is 152 Å². The summed E-state index contributed by atoms with van der Waals surface area (Å²) >= 11 is 0. The fourth-order valence-electron chi connectivity index (χ4n) is 2.36. The molecule has 1 amide bonds. The monoisotopic (exact) mass is 379 g/mol. The molecule has 2 N–H and O–H groups in total. The molecule has 0 fully saturated rings. The van der Waals surface area contributed by atoms with Crippen LogP contribution in [-0.4, -0.2) is 31.7 Å². The molecule has 2 aromatic rings. The Morgan fingerprint density at radius 2 is 1.69 bits per heavy atom. The first-order chi connectivity index (χ1) is 12.1. The molecule has 0 saturated heterocycles. The third kappa shape index (κ3) is 5.37. The zero-order valence-electron chi connectivity index (χ0n) is 14.7. The van der Waals surface area contributed by atoms with Crippen LogP contribution in [0.2, 0.25) is 0 Å². The number of rotatable bonds is 7. The fraction of sp³-hybridized carbons (Fsp3) is 0.316. The number of hydrogen-bond acceptors (Lipinski definition) is 4. The number of sulfone groups is 1. The predicted octanol–water partition coefficient (Wildman–Crippen LogP) is 2.32. The van der Waals surface area contributed by atoms with E-state index in [0.29, 0.717) is 5.56 Å². The van der Waals surface area contributed by atoms with Gasteiger partial charge in [0.05, 0.1) is 17.2 Å². The summed E-state index contributed by atoms with van der Waals surface area (Å²) in [7, 11) is -3.55. The van der Waals surface area contributed by atoms with E-state index in [2.05, 4.69) is 5.32 Å². The predicted molar refractivity (Wildman–Crippen MR) is 96.8 cm³/mol. The lowest BCUT2D eigenvalue weighted by molar-refractivity contribution is -0.121. The standard InChI is InChI=1S/C19H22FNO4S/c1-14-3-9-17(10-4-14)26(24,25)12-11-18(22)21-13-19(2,23)15-5-7-16(20)8-6-15/h3-10,23H,11-13H2,1-2H3,(H,21,22). The molecule has 2 aromatic carbocycles. The van der Waals surface area contributed by atoms with Gasteiger partial charge in [-0.15, -0.1) is 0 Å². The number of aryl methyl sites for hydroxylation is 1. The number of carbonyl (C=O) groups is 1. The molecule has 1 atom stereocenters. The lowest BCUT2D eigenvalue weighted by Crippen LogP contribution is -2.39. The van der Waals surface area contributed by atoms with Crippen molar-refractivity contribution in [1.29, 1.82) is 0 Å². The van der Waals surface area contributed by atoms with Crippen LogP contribution >= 0.6 is 0 Å². The molecular formula is C19H22FNO4S. The van der Waals surface area contributed by atoms with Gasteiger partial charge < -0.3 is 10.4 Å². The molecule has 2 rings (SSSR count). The van der Waals surface area contributed by atoms with Gasteiger partial charge in [-0.1, -0.05) is 29.8 Å². The van der Waals surface area contributed by atoms with Crippen molar-refractivity contribution in [3.05, 3.63) is 65.5 Å². The van der Waals surface area contributed by atoms with E-state index in [-0.39, 0.29) is 23.6 Å². The summed E-state index contributed by atoms with van der Waals surface area (Å²) < 4.78 is 37.4. The molecule has 0 bridgehead atoms. The Kier molecular flexibility index (Phi) is 6.15. The molecule has 0 aliphatic heterocycles. The van der Waals surface area contributed by atoms with E-state index in [1.165, 1.54) is 43.3 Å². The van der Waals surface area contributed by atoms with E-state index in [0.717, 1.165) is 5.56 Å². The molecule has 26 heavy (non-hydrogen) atoms. The van der Waals surface area contributed by atoms with Crippen LogP contribution in [0.4, 0.5) is 4.39 Å². The zero-order chi connectivity index (χ0) is 19.4. The number of nitrogens with one attached hydrogen (secondary N) is 1. The fourth-order valence-corrected chi connectivity index (χ4v) is 3.60. The van der Waals surface area contributed by atoms with Crippen LogP contribution in [-0.2, 0) is 20.2 Å². The smallest absolute Gasteiger partial charge is 0.221 e. The van der Waals surface area contributed by atoms with Crippen LogP contribution in [0.5, 0.6) is 0 Å². The molecule has 140 valence electrons. The largest absolute Gasteiger partial charge is 0.384 e. The molecule has 5 nitrogen and oxygen atoms in total. The lowest BCUT2D eigenvalue weighted by Gasteiger charge is -2.24. The third-order valence-electron chi connectivity index (χ3n) is 4.07. The highest BCUT2D eigenvalue weighted by Crippen LogP contribution is 2.20. The van der Waals surface area contributed by atoms with Gasteiger partial charge in [-0.25, -0.2) is 12.8 Å². The molecule has 0 radical (unpaired) electrons. The molecule has 0 aromatic heterocycles. The number of aliphatic hydroxyl groups is 1. The van der Waals surface area contributed by atoms with Crippen molar-refractivity contribution in [2.75, 3.05) is 12.3 Å². The number of hydrogen-bond donors (Lipinski definition) is 2. The van der Waals surface area contributed by atoms with E-state index in [1.807, 2.05) is 6.92 Å². The van der Waals surface area contributed by atoms with Gasteiger partial charge >= 0.3 is 0 Å². The van der Waals surface area contributed by atoms with Crippen molar-refractivity contribution in [3.8, 4) is 0 Å². The first kappa shape index (κ1) is 20.1. The lowest BCUT2D eigenvalue weighted by atomic mass is 9.96. The maximum absolute atomic E-state index is 13.0. The van der Waals surface area contributed by atoms with Crippen LogP contribution in [0.3, 0.4) is 0 Å². The van der Waals surface area contributed by atoms with Crippen molar-refractivity contribution < 1.29 is 22.7 Å². The van der Waals surface area contributed by atoms with E-state index in [1.54, 1.807) is 12.1 Å². The van der Waals surface area contributed by atoms with E-state index < -0.39 is 27.2 Å². The summed E-state index contributed by atoms with van der Waals surface area (Å²) in [6, 6.07) is 11.7. The zero-order valence-corrected chi connectivity index (χ0v) is 15.5. The molecule has 0 aliphatic carbocycles. The van der Waals surface area contributed by atoms with Crippen molar-refractivity contribution in [1.82, 2.24) is 5.32 Å². The SMILES string of the molecule is Cc1ccc(S(=O)(=O)CCC(=O)NCC(C)(O)c2ccc(F)cc2)cc1. The maximum atomic E-state index is 13.0. The van der Waals surface area contributed by atoms with Crippen LogP contribution in [0.25, 0.3) is 0 Å². The minimum Gasteiger partial charge on any atom is -0.384 e. The van der Waals surface area contributed by atoms with Crippen molar-refractivity contribution in [2.45, 2.75) is 30.8 Å². The van der Waals surface area contributed by atoms with Crippen LogP contribution in [0, 0.1) is 12.7 Å². The van der Waals surface area contributed by atoms with Gasteiger partial charge in [0.1, 0.15) is 11.4 Å². The number of amides is 1. The number of benzene rings is 2. The highest BCUT2D eigenvalue weighted by molar-refractivity contribution is 7.91. The highest BCUT2D eigenvalue weighted by atomic mass is 32.2. The minimum absolute atomic E-state index is 0.109. The van der Waals surface area contributed by atoms with Gasteiger partial charge in [0, 0.05) is 6.42 Å². The summed E-state index contributed by atoms with van der Waals surface area (Å²) in [5, 5.41) is 12.9. The van der Waals surface area contributed by atoms with Crippen LogP contribution in [0.15, 0.2) is 53.4 Å². The van der Waals surface area contributed by atoms with Gasteiger partial charge in [-0.05, 0) is 43.7 Å². The summed E-state index contributed by atoms with van der Waals surface area (Å²) in [5.41, 5.74) is 0.00956. The molecule has 0 heterocycles. The number of halogens is 1. The first-order valence-electron chi connectivity index (χ1n) is 8.15. The van der Waals surface area contributed by atoms with Crippen molar-refractivity contribution in [2.24, 2.45) is 0 Å². The Hall–Kier alpha value is -2.25. The Morgan fingerprint density at radius 1 is 1.12 bits per heavy atom. The average molecular weight is 379 g/mol. The minimum atomic E-state index is -3.55. The van der Waals surface area contributed by atoms with Crippen LogP contribution < -0.4 is 5.32 Å². The second-order valence-corrected chi connectivity index (χ2v) is 8.55. The molecule has 7 heteroatoms. The third-order valence-corrected chi connectivity index (χ3v) is 5.81. The van der Waals surface area contributed by atoms with Gasteiger partial charge in [0.2, 0.25) is 5.91 Å². The Balaban J connectivity index is 1.90.